The largest absolute Gasteiger partial charge is 0.379 e. The van der Waals surface area contributed by atoms with Crippen LogP contribution in [0.1, 0.15) is 0 Å². The summed E-state index contributed by atoms with van der Waals surface area (Å²) < 4.78 is 5.22. The Morgan fingerprint density at radius 1 is 1.43 bits per heavy atom. The fourth-order valence-corrected chi connectivity index (χ4v) is 1.37. The van der Waals surface area contributed by atoms with Crippen molar-refractivity contribution in [3.05, 3.63) is 17.5 Å². The maximum Gasteiger partial charge on any atom is 0.162 e. The van der Waals surface area contributed by atoms with Gasteiger partial charge in [0.15, 0.2) is 5.82 Å². The average Bonchev–Trinajstić information content (AvgIpc) is 2.23. The predicted octanol–water partition coefficient (Wildman–Crippen LogP) is 0.789. The lowest BCUT2D eigenvalue weighted by atomic mass is 10.5. The van der Waals surface area contributed by atoms with Crippen LogP contribution in [0.5, 0.6) is 0 Å². The first-order valence-electron chi connectivity index (χ1n) is 4.41. The standard InChI is InChI=1S/C8H11ClN4O/c9-7-5-10-6-11-8(7)12-13-1-3-14-4-2-13/h5-6H,1-4H2,(H,10,11,12). The van der Waals surface area contributed by atoms with Crippen molar-refractivity contribution < 1.29 is 4.74 Å². The van der Waals surface area contributed by atoms with E-state index in [0.29, 0.717) is 10.8 Å². The molecule has 0 bridgehead atoms. The van der Waals surface area contributed by atoms with E-state index in [2.05, 4.69) is 15.4 Å². The molecule has 76 valence electrons. The Bertz CT molecular complexity index is 303. The van der Waals surface area contributed by atoms with Gasteiger partial charge >= 0.3 is 0 Å². The van der Waals surface area contributed by atoms with E-state index in [1.54, 1.807) is 6.20 Å². The van der Waals surface area contributed by atoms with Crippen LogP contribution in [0.15, 0.2) is 12.5 Å². The van der Waals surface area contributed by atoms with E-state index in [9.17, 15) is 0 Å². The van der Waals surface area contributed by atoms with E-state index >= 15 is 0 Å². The van der Waals surface area contributed by atoms with Gasteiger partial charge in [0.05, 0.1) is 19.4 Å². The highest BCUT2D eigenvalue weighted by molar-refractivity contribution is 6.32. The van der Waals surface area contributed by atoms with Crippen molar-refractivity contribution in [1.29, 1.82) is 0 Å². The van der Waals surface area contributed by atoms with E-state index < -0.39 is 0 Å². The summed E-state index contributed by atoms with van der Waals surface area (Å²) in [4.78, 5) is 7.85. The van der Waals surface area contributed by atoms with Gasteiger partial charge in [0.25, 0.3) is 0 Å². The first kappa shape index (κ1) is 9.64. The fourth-order valence-electron chi connectivity index (χ4n) is 1.22. The van der Waals surface area contributed by atoms with Gasteiger partial charge in [-0.15, -0.1) is 0 Å². The molecule has 0 amide bonds. The van der Waals surface area contributed by atoms with Crippen molar-refractivity contribution in [2.24, 2.45) is 0 Å². The number of hydrogen-bond donors (Lipinski definition) is 1. The lowest BCUT2D eigenvalue weighted by Gasteiger charge is -2.27. The van der Waals surface area contributed by atoms with Gasteiger partial charge in [-0.25, -0.2) is 15.0 Å². The molecule has 5 nitrogen and oxygen atoms in total. The second-order valence-electron chi connectivity index (χ2n) is 2.93. The lowest BCUT2D eigenvalue weighted by molar-refractivity contribution is 0.0495. The van der Waals surface area contributed by atoms with Gasteiger partial charge in [-0.3, -0.25) is 0 Å². The van der Waals surface area contributed by atoms with Crippen LogP contribution >= 0.6 is 11.6 Å². The molecule has 1 aromatic heterocycles. The monoisotopic (exact) mass is 214 g/mol. The van der Waals surface area contributed by atoms with Crippen molar-refractivity contribution >= 4 is 17.4 Å². The number of hydrazine groups is 1. The topological polar surface area (TPSA) is 50.3 Å². The zero-order valence-corrected chi connectivity index (χ0v) is 8.37. The van der Waals surface area contributed by atoms with E-state index in [1.165, 1.54) is 6.33 Å². The summed E-state index contributed by atoms with van der Waals surface area (Å²) in [5.74, 6) is 0.642. The quantitative estimate of drug-likeness (QED) is 0.789. The third-order valence-corrected chi connectivity index (χ3v) is 2.22. The molecule has 1 aliphatic rings. The lowest BCUT2D eigenvalue weighted by Crippen LogP contribution is -2.40. The van der Waals surface area contributed by atoms with Gasteiger partial charge in [-0.1, -0.05) is 11.6 Å². The smallest absolute Gasteiger partial charge is 0.162 e. The summed E-state index contributed by atoms with van der Waals surface area (Å²) in [6, 6.07) is 0. The molecule has 0 radical (unpaired) electrons. The molecule has 1 N–H and O–H groups in total. The molecule has 0 spiro atoms. The number of anilines is 1. The zero-order valence-electron chi connectivity index (χ0n) is 7.61. The average molecular weight is 215 g/mol. The SMILES string of the molecule is Clc1cncnc1NN1CCOCC1. The summed E-state index contributed by atoms with van der Waals surface area (Å²) in [6.45, 7) is 3.13. The minimum absolute atomic E-state index is 0.527. The van der Waals surface area contributed by atoms with Gasteiger partial charge in [-0.2, -0.15) is 0 Å². The van der Waals surface area contributed by atoms with Crippen molar-refractivity contribution in [2.45, 2.75) is 0 Å². The van der Waals surface area contributed by atoms with Gasteiger partial charge in [0, 0.05) is 13.1 Å². The van der Waals surface area contributed by atoms with E-state index in [0.717, 1.165) is 26.3 Å². The maximum absolute atomic E-state index is 5.90. The second-order valence-corrected chi connectivity index (χ2v) is 3.34. The fraction of sp³-hybridized carbons (Fsp3) is 0.500. The Kier molecular flexibility index (Phi) is 3.13. The van der Waals surface area contributed by atoms with Crippen LogP contribution in [0.2, 0.25) is 5.02 Å². The molecule has 0 atom stereocenters. The number of halogens is 1. The maximum atomic E-state index is 5.90. The molecule has 1 saturated heterocycles. The summed E-state index contributed by atoms with van der Waals surface area (Å²) in [5.41, 5.74) is 3.12. The van der Waals surface area contributed by atoms with E-state index in [1.807, 2.05) is 5.01 Å². The third-order valence-electron chi connectivity index (χ3n) is 1.94. The van der Waals surface area contributed by atoms with Gasteiger partial charge in [0.1, 0.15) is 11.3 Å². The number of nitrogens with zero attached hydrogens (tertiary/aromatic N) is 3. The Labute approximate surface area is 87.0 Å². The van der Waals surface area contributed by atoms with E-state index in [4.69, 9.17) is 16.3 Å². The van der Waals surface area contributed by atoms with Crippen molar-refractivity contribution in [3.63, 3.8) is 0 Å². The molecule has 0 aromatic carbocycles. The van der Waals surface area contributed by atoms with Crippen molar-refractivity contribution in [1.82, 2.24) is 15.0 Å². The summed E-state index contributed by atoms with van der Waals surface area (Å²) in [7, 11) is 0. The number of nitrogens with one attached hydrogen (secondary N) is 1. The molecule has 6 heteroatoms. The Morgan fingerprint density at radius 2 is 2.21 bits per heavy atom. The first-order chi connectivity index (χ1) is 6.86. The molecule has 0 saturated carbocycles. The molecule has 1 aliphatic heterocycles. The molecule has 14 heavy (non-hydrogen) atoms. The Balaban J connectivity index is 1.99. The molecule has 0 unspecified atom stereocenters. The molecule has 1 aromatic rings. The van der Waals surface area contributed by atoms with E-state index in [-0.39, 0.29) is 0 Å². The van der Waals surface area contributed by atoms with Crippen LogP contribution in [0.4, 0.5) is 5.82 Å². The highest BCUT2D eigenvalue weighted by Crippen LogP contribution is 2.16. The first-order valence-corrected chi connectivity index (χ1v) is 4.79. The Hall–Kier alpha value is -0.910. The highest BCUT2D eigenvalue weighted by atomic mass is 35.5. The Morgan fingerprint density at radius 3 is 2.93 bits per heavy atom. The van der Waals surface area contributed by atoms with Crippen LogP contribution in [0, 0.1) is 0 Å². The van der Waals surface area contributed by atoms with Crippen LogP contribution < -0.4 is 5.43 Å². The summed E-state index contributed by atoms with van der Waals surface area (Å²) in [5, 5.41) is 2.55. The molecular weight excluding hydrogens is 204 g/mol. The highest BCUT2D eigenvalue weighted by Gasteiger charge is 2.11. The van der Waals surface area contributed by atoms with Crippen LogP contribution in [-0.2, 0) is 4.74 Å². The second kappa shape index (κ2) is 4.54. The zero-order chi connectivity index (χ0) is 9.80. The molecule has 2 heterocycles. The number of ether oxygens (including phenoxy) is 1. The third kappa shape index (κ3) is 2.31. The van der Waals surface area contributed by atoms with Crippen LogP contribution in [0.25, 0.3) is 0 Å². The van der Waals surface area contributed by atoms with Crippen LogP contribution in [-0.4, -0.2) is 41.3 Å². The molecule has 2 rings (SSSR count). The minimum Gasteiger partial charge on any atom is -0.379 e. The summed E-state index contributed by atoms with van der Waals surface area (Å²) >= 11 is 5.90. The summed E-state index contributed by atoms with van der Waals surface area (Å²) in [6.07, 6.45) is 3.03. The van der Waals surface area contributed by atoms with Gasteiger partial charge in [-0.05, 0) is 0 Å². The van der Waals surface area contributed by atoms with Crippen molar-refractivity contribution in [3.8, 4) is 0 Å². The minimum atomic E-state index is 0.527. The normalized spacial score (nSPS) is 18.1. The van der Waals surface area contributed by atoms with Gasteiger partial charge < -0.3 is 10.2 Å². The number of aromatic nitrogens is 2. The van der Waals surface area contributed by atoms with Crippen LogP contribution in [0.3, 0.4) is 0 Å². The predicted molar refractivity (Wildman–Crippen MR) is 53.1 cm³/mol. The molecule has 1 fully saturated rings. The number of rotatable bonds is 2. The molecule has 0 aliphatic carbocycles. The molecular formula is C8H11ClN4O. The number of hydrogen-bond acceptors (Lipinski definition) is 5. The van der Waals surface area contributed by atoms with Crippen molar-refractivity contribution in [2.75, 3.05) is 31.7 Å². The van der Waals surface area contributed by atoms with Gasteiger partial charge in [0.2, 0.25) is 0 Å². The number of morpholine rings is 1.